The van der Waals surface area contributed by atoms with Gasteiger partial charge in [0.2, 0.25) is 0 Å². The van der Waals surface area contributed by atoms with E-state index in [4.69, 9.17) is 4.99 Å². The number of aromatic nitrogens is 1. The molecule has 184 valence electrons. The topological polar surface area (TPSA) is 40.5 Å². The number of benzene rings is 2. The van der Waals surface area contributed by atoms with Gasteiger partial charge in [-0.1, -0.05) is 61.2 Å². The Bertz CT molecular complexity index is 1290. The summed E-state index contributed by atoms with van der Waals surface area (Å²) in [6.07, 6.45) is 6.46. The van der Waals surface area contributed by atoms with E-state index in [-0.39, 0.29) is 6.04 Å². The zero-order valence-electron chi connectivity index (χ0n) is 21.7. The van der Waals surface area contributed by atoms with Crippen molar-refractivity contribution in [3.05, 3.63) is 121 Å². The summed E-state index contributed by atoms with van der Waals surface area (Å²) in [5.74, 6) is 0.299. The lowest BCUT2D eigenvalue weighted by Crippen LogP contribution is -2.29. The molecule has 0 saturated carbocycles. The van der Waals surface area contributed by atoms with E-state index < -0.39 is 0 Å². The molecule has 0 aliphatic carbocycles. The summed E-state index contributed by atoms with van der Waals surface area (Å²) in [5, 5.41) is 3.56. The summed E-state index contributed by atoms with van der Waals surface area (Å²) in [6, 6.07) is 20.9. The maximum atomic E-state index is 5.18. The normalized spacial score (nSPS) is 16.5. The lowest BCUT2D eigenvalue weighted by Gasteiger charge is -2.34. The van der Waals surface area contributed by atoms with Crippen LogP contribution in [0.25, 0.3) is 0 Å². The van der Waals surface area contributed by atoms with Crippen molar-refractivity contribution in [3.63, 3.8) is 0 Å². The Morgan fingerprint density at radius 1 is 1.06 bits per heavy atom. The highest BCUT2D eigenvalue weighted by Crippen LogP contribution is 2.39. The molecule has 0 amide bonds. The van der Waals surface area contributed by atoms with Gasteiger partial charge in [0.1, 0.15) is 0 Å². The number of rotatable bonds is 10. The number of para-hydroxylation sites is 1. The van der Waals surface area contributed by atoms with Gasteiger partial charge >= 0.3 is 0 Å². The molecule has 4 rings (SSSR count). The molecule has 0 fully saturated rings. The molecule has 0 spiro atoms. The van der Waals surface area contributed by atoms with Gasteiger partial charge in [-0.05, 0) is 56.5 Å². The van der Waals surface area contributed by atoms with Gasteiger partial charge in [-0.3, -0.25) is 9.98 Å². The molecule has 4 heteroatoms. The minimum Gasteiger partial charge on any atom is -0.352 e. The van der Waals surface area contributed by atoms with Crippen LogP contribution in [0.1, 0.15) is 48.9 Å². The van der Waals surface area contributed by atoms with Gasteiger partial charge in [-0.15, -0.1) is 6.58 Å². The lowest BCUT2D eigenvalue weighted by atomic mass is 9.79. The largest absolute Gasteiger partial charge is 0.352 e. The van der Waals surface area contributed by atoms with Crippen molar-refractivity contribution < 1.29 is 0 Å². The van der Waals surface area contributed by atoms with E-state index >= 15 is 0 Å². The fraction of sp³-hybridized carbons (Fsp3) is 0.250. The van der Waals surface area contributed by atoms with Gasteiger partial charge in [0, 0.05) is 42.5 Å². The number of aryl methyl sites for hydroxylation is 1. The minimum atomic E-state index is 0.0793. The fourth-order valence-electron chi connectivity index (χ4n) is 4.90. The molecule has 0 radical (unpaired) electrons. The third-order valence-corrected chi connectivity index (χ3v) is 6.92. The molecule has 4 nitrogen and oxygen atoms in total. The fourth-order valence-corrected chi connectivity index (χ4v) is 4.90. The Kier molecular flexibility index (Phi) is 7.84. The van der Waals surface area contributed by atoms with E-state index in [9.17, 15) is 0 Å². The smallest absolute Gasteiger partial charge is 0.0841 e. The summed E-state index contributed by atoms with van der Waals surface area (Å²) >= 11 is 0. The van der Waals surface area contributed by atoms with Crippen molar-refractivity contribution in [2.24, 2.45) is 4.99 Å². The summed E-state index contributed by atoms with van der Waals surface area (Å²) in [7, 11) is 2.07. The van der Waals surface area contributed by atoms with Crippen molar-refractivity contribution >= 4 is 22.8 Å². The van der Waals surface area contributed by atoms with Crippen molar-refractivity contribution in [2.75, 3.05) is 17.3 Å². The Morgan fingerprint density at radius 3 is 2.50 bits per heavy atom. The molecular formula is C32H36N4. The first-order chi connectivity index (χ1) is 17.4. The molecule has 2 unspecified atom stereocenters. The van der Waals surface area contributed by atoms with E-state index in [0.717, 1.165) is 53.4 Å². The number of anilines is 3. The van der Waals surface area contributed by atoms with Crippen molar-refractivity contribution in [2.45, 2.75) is 45.1 Å². The number of hydrogen-bond acceptors (Lipinski definition) is 4. The van der Waals surface area contributed by atoms with Gasteiger partial charge in [-0.25, -0.2) is 0 Å². The van der Waals surface area contributed by atoms with Crippen LogP contribution in [-0.4, -0.2) is 23.8 Å². The number of pyridine rings is 1. The van der Waals surface area contributed by atoms with Crippen molar-refractivity contribution in [1.82, 2.24) is 4.98 Å². The highest BCUT2D eigenvalue weighted by molar-refractivity contribution is 6.10. The molecule has 2 atom stereocenters. The summed E-state index contributed by atoms with van der Waals surface area (Å²) < 4.78 is 0. The van der Waals surface area contributed by atoms with Crippen LogP contribution >= 0.6 is 0 Å². The van der Waals surface area contributed by atoms with E-state index in [0.29, 0.717) is 5.92 Å². The van der Waals surface area contributed by atoms with Crippen LogP contribution in [0.5, 0.6) is 0 Å². The van der Waals surface area contributed by atoms with E-state index in [1.807, 2.05) is 43.5 Å². The molecule has 2 aromatic carbocycles. The maximum absolute atomic E-state index is 5.18. The average Bonchev–Trinajstić information content (AvgIpc) is 2.88. The molecule has 1 aliphatic heterocycles. The zero-order valence-corrected chi connectivity index (χ0v) is 21.7. The predicted octanol–water partition coefficient (Wildman–Crippen LogP) is 7.97. The molecule has 1 aliphatic rings. The second kappa shape index (κ2) is 11.2. The number of hydrogen-bond donors (Lipinski definition) is 1. The van der Waals surface area contributed by atoms with E-state index in [2.05, 4.69) is 85.3 Å². The van der Waals surface area contributed by atoms with Gasteiger partial charge in [0.15, 0.2) is 0 Å². The van der Waals surface area contributed by atoms with Gasteiger partial charge in [0.05, 0.1) is 28.8 Å². The number of fused-ring (bicyclic) bond motifs is 1. The van der Waals surface area contributed by atoms with E-state index in [1.165, 1.54) is 16.7 Å². The SMILES string of the molecule is C=CC1=NC(CC(=C)N(C)c2ccnc(C)c2Nc2ccccc2)C(CCC(=C)C)c2ccccc21. The molecule has 2 heterocycles. The maximum Gasteiger partial charge on any atom is 0.0841 e. The molecular weight excluding hydrogens is 440 g/mol. The minimum absolute atomic E-state index is 0.0793. The molecule has 3 aromatic rings. The monoisotopic (exact) mass is 476 g/mol. The average molecular weight is 477 g/mol. The first kappa shape index (κ1) is 25.2. The molecule has 0 saturated heterocycles. The van der Waals surface area contributed by atoms with Crippen LogP contribution < -0.4 is 10.2 Å². The highest BCUT2D eigenvalue weighted by Gasteiger charge is 2.31. The van der Waals surface area contributed by atoms with Crippen LogP contribution in [0.2, 0.25) is 0 Å². The van der Waals surface area contributed by atoms with Crippen LogP contribution in [0.4, 0.5) is 17.1 Å². The third kappa shape index (κ3) is 5.49. The van der Waals surface area contributed by atoms with Gasteiger partial charge in [-0.2, -0.15) is 0 Å². The van der Waals surface area contributed by atoms with Crippen LogP contribution in [0, 0.1) is 6.92 Å². The highest BCUT2D eigenvalue weighted by atomic mass is 15.1. The van der Waals surface area contributed by atoms with Gasteiger partial charge < -0.3 is 10.2 Å². The Labute approximate surface area is 215 Å². The Morgan fingerprint density at radius 2 is 1.78 bits per heavy atom. The van der Waals surface area contributed by atoms with Gasteiger partial charge in [0.25, 0.3) is 0 Å². The Hall–Kier alpha value is -3.92. The standard InChI is InChI=1S/C32H36N4/c1-7-29-27-16-12-11-15-26(27)28(18-17-22(2)3)30(35-29)21-23(4)36(6)31-19-20-33-24(5)32(31)34-25-13-9-8-10-14-25/h7-16,19-20,28,30,34H,1-2,4,17-18,21H2,3,5-6H3. The zero-order chi connectivity index (χ0) is 25.7. The second-order valence-corrected chi connectivity index (χ2v) is 9.59. The quantitative estimate of drug-likeness (QED) is 0.302. The lowest BCUT2D eigenvalue weighted by molar-refractivity contribution is 0.488. The van der Waals surface area contributed by atoms with Crippen LogP contribution in [0.3, 0.4) is 0 Å². The number of nitrogens with zero attached hydrogens (tertiary/aromatic N) is 3. The summed E-state index contributed by atoms with van der Waals surface area (Å²) in [5.41, 5.74) is 9.69. The first-order valence-corrected chi connectivity index (χ1v) is 12.5. The molecule has 0 bridgehead atoms. The molecule has 1 aromatic heterocycles. The molecule has 36 heavy (non-hydrogen) atoms. The number of aliphatic imine (C=N–C) groups is 1. The third-order valence-electron chi connectivity index (χ3n) is 6.92. The van der Waals surface area contributed by atoms with Crippen LogP contribution in [-0.2, 0) is 0 Å². The van der Waals surface area contributed by atoms with Crippen molar-refractivity contribution in [1.29, 1.82) is 0 Å². The predicted molar refractivity (Wildman–Crippen MR) is 155 cm³/mol. The summed E-state index contributed by atoms with van der Waals surface area (Å²) in [4.78, 5) is 11.9. The van der Waals surface area contributed by atoms with E-state index in [1.54, 1.807) is 0 Å². The van der Waals surface area contributed by atoms with Crippen LogP contribution in [0.15, 0.2) is 109 Å². The van der Waals surface area contributed by atoms with Crippen molar-refractivity contribution in [3.8, 4) is 0 Å². The Balaban J connectivity index is 1.62. The first-order valence-electron chi connectivity index (χ1n) is 12.5. The number of allylic oxidation sites excluding steroid dienone is 2. The molecule has 1 N–H and O–H groups in total. The second-order valence-electron chi connectivity index (χ2n) is 9.59. The number of nitrogens with one attached hydrogen (secondary N) is 1. The summed E-state index contributed by atoms with van der Waals surface area (Å²) in [6.45, 7) is 16.8.